The summed E-state index contributed by atoms with van der Waals surface area (Å²) >= 11 is 0. The monoisotopic (exact) mass is 168 g/mol. The summed E-state index contributed by atoms with van der Waals surface area (Å²) in [4.78, 5) is 10.4. The number of rotatable bonds is 2. The number of aliphatic carboxylic acids is 1. The summed E-state index contributed by atoms with van der Waals surface area (Å²) in [5.41, 5.74) is 2.65. The van der Waals surface area contributed by atoms with Crippen molar-refractivity contribution in [2.45, 2.75) is 20.3 Å². The van der Waals surface area contributed by atoms with Gasteiger partial charge >= 0.3 is 5.97 Å². The van der Waals surface area contributed by atoms with E-state index in [1.165, 1.54) is 0 Å². The van der Waals surface area contributed by atoms with Gasteiger partial charge in [-0.2, -0.15) is 5.10 Å². The highest BCUT2D eigenvalue weighted by atomic mass is 16.4. The molecule has 4 heteroatoms. The van der Waals surface area contributed by atoms with Gasteiger partial charge in [-0.3, -0.25) is 9.48 Å². The number of aromatic nitrogens is 2. The van der Waals surface area contributed by atoms with Crippen LogP contribution in [-0.2, 0) is 18.3 Å². The largest absolute Gasteiger partial charge is 0.481 e. The average molecular weight is 168 g/mol. The first-order chi connectivity index (χ1) is 5.52. The molecule has 0 amide bonds. The molecule has 66 valence electrons. The third-order valence-corrected chi connectivity index (χ3v) is 1.98. The van der Waals surface area contributed by atoms with E-state index in [9.17, 15) is 4.79 Å². The lowest BCUT2D eigenvalue weighted by Gasteiger charge is -1.98. The fourth-order valence-corrected chi connectivity index (χ4v) is 1.20. The zero-order valence-electron chi connectivity index (χ0n) is 7.46. The minimum atomic E-state index is -0.818. The highest BCUT2D eigenvalue weighted by molar-refractivity contribution is 5.70. The molecular formula is C8H12N2O2. The average Bonchev–Trinajstić information content (AvgIpc) is 2.16. The molecule has 0 spiro atoms. The van der Waals surface area contributed by atoms with Crippen molar-refractivity contribution in [2.75, 3.05) is 0 Å². The number of aryl methyl sites for hydroxylation is 2. The summed E-state index contributed by atoms with van der Waals surface area (Å²) in [6.07, 6.45) is 0.0448. The van der Waals surface area contributed by atoms with E-state index in [1.54, 1.807) is 11.7 Å². The van der Waals surface area contributed by atoms with Crippen LogP contribution in [0.3, 0.4) is 0 Å². The molecule has 0 aromatic carbocycles. The maximum absolute atomic E-state index is 10.4. The standard InChI is InChI=1S/C8H12N2O2/c1-5-6(2)9-10(3)7(5)4-8(11)12/h4H2,1-3H3,(H,11,12). The zero-order valence-corrected chi connectivity index (χ0v) is 7.46. The van der Waals surface area contributed by atoms with Gasteiger partial charge < -0.3 is 5.11 Å². The van der Waals surface area contributed by atoms with Crippen LogP contribution in [0, 0.1) is 13.8 Å². The van der Waals surface area contributed by atoms with Gasteiger partial charge in [0.1, 0.15) is 0 Å². The maximum Gasteiger partial charge on any atom is 0.309 e. The van der Waals surface area contributed by atoms with Crippen LogP contribution in [0.5, 0.6) is 0 Å². The second-order valence-corrected chi connectivity index (χ2v) is 2.85. The molecule has 0 bridgehead atoms. The number of carboxylic acid groups (broad SMARTS) is 1. The predicted octanol–water partition coefficient (Wildman–Crippen LogP) is 0.664. The molecule has 0 aliphatic rings. The van der Waals surface area contributed by atoms with Crippen LogP contribution < -0.4 is 0 Å². The molecule has 0 saturated carbocycles. The molecule has 0 atom stereocenters. The van der Waals surface area contributed by atoms with Crippen molar-refractivity contribution in [2.24, 2.45) is 7.05 Å². The van der Waals surface area contributed by atoms with Crippen LogP contribution in [0.1, 0.15) is 17.0 Å². The summed E-state index contributed by atoms with van der Waals surface area (Å²) in [6.45, 7) is 3.77. The van der Waals surface area contributed by atoms with Crippen molar-refractivity contribution >= 4 is 5.97 Å². The summed E-state index contributed by atoms with van der Waals surface area (Å²) in [5, 5.41) is 12.7. The summed E-state index contributed by atoms with van der Waals surface area (Å²) in [7, 11) is 1.76. The quantitative estimate of drug-likeness (QED) is 0.705. The Morgan fingerprint density at radius 2 is 2.17 bits per heavy atom. The van der Waals surface area contributed by atoms with Gasteiger partial charge in [-0.1, -0.05) is 0 Å². The number of nitrogens with zero attached hydrogens (tertiary/aromatic N) is 2. The third kappa shape index (κ3) is 1.47. The van der Waals surface area contributed by atoms with E-state index in [4.69, 9.17) is 5.11 Å². The van der Waals surface area contributed by atoms with Gasteiger partial charge in [0.2, 0.25) is 0 Å². The Labute approximate surface area is 70.8 Å². The number of hydrogen-bond acceptors (Lipinski definition) is 2. The first kappa shape index (κ1) is 8.77. The topological polar surface area (TPSA) is 55.1 Å². The Morgan fingerprint density at radius 1 is 1.58 bits per heavy atom. The van der Waals surface area contributed by atoms with Gasteiger partial charge in [0.25, 0.3) is 0 Å². The normalized spacial score (nSPS) is 10.2. The summed E-state index contributed by atoms with van der Waals surface area (Å²) < 4.78 is 1.62. The summed E-state index contributed by atoms with van der Waals surface area (Å²) in [5.74, 6) is -0.818. The molecule has 0 radical (unpaired) electrons. The van der Waals surface area contributed by atoms with Gasteiger partial charge in [0.15, 0.2) is 0 Å². The molecule has 1 heterocycles. The lowest BCUT2D eigenvalue weighted by molar-refractivity contribution is -0.136. The van der Waals surface area contributed by atoms with E-state index in [1.807, 2.05) is 13.8 Å². The first-order valence-corrected chi connectivity index (χ1v) is 3.73. The molecule has 4 nitrogen and oxygen atoms in total. The van der Waals surface area contributed by atoms with E-state index in [-0.39, 0.29) is 6.42 Å². The second-order valence-electron chi connectivity index (χ2n) is 2.85. The highest BCUT2D eigenvalue weighted by Gasteiger charge is 2.11. The lowest BCUT2D eigenvalue weighted by Crippen LogP contribution is -2.06. The van der Waals surface area contributed by atoms with Crippen molar-refractivity contribution < 1.29 is 9.90 Å². The molecule has 1 aromatic heterocycles. The summed E-state index contributed by atoms with van der Waals surface area (Å²) in [6, 6.07) is 0. The van der Waals surface area contributed by atoms with Gasteiger partial charge in [-0.25, -0.2) is 0 Å². The Kier molecular flexibility index (Phi) is 2.17. The van der Waals surface area contributed by atoms with Crippen LogP contribution in [0.2, 0.25) is 0 Å². The Morgan fingerprint density at radius 3 is 2.50 bits per heavy atom. The van der Waals surface area contributed by atoms with Crippen LogP contribution in [0.25, 0.3) is 0 Å². The van der Waals surface area contributed by atoms with E-state index in [0.29, 0.717) is 0 Å². The highest BCUT2D eigenvalue weighted by Crippen LogP contribution is 2.11. The third-order valence-electron chi connectivity index (χ3n) is 1.98. The minimum absolute atomic E-state index is 0.0448. The predicted molar refractivity (Wildman–Crippen MR) is 44.0 cm³/mol. The molecule has 0 unspecified atom stereocenters. The van der Waals surface area contributed by atoms with Crippen LogP contribution in [-0.4, -0.2) is 20.9 Å². The number of carboxylic acids is 1. The molecule has 1 rings (SSSR count). The smallest absolute Gasteiger partial charge is 0.309 e. The van der Waals surface area contributed by atoms with Crippen LogP contribution in [0.15, 0.2) is 0 Å². The zero-order chi connectivity index (χ0) is 9.30. The van der Waals surface area contributed by atoms with Crippen LogP contribution >= 0.6 is 0 Å². The lowest BCUT2D eigenvalue weighted by atomic mass is 10.2. The van der Waals surface area contributed by atoms with Crippen molar-refractivity contribution in [3.05, 3.63) is 17.0 Å². The van der Waals surface area contributed by atoms with Crippen molar-refractivity contribution in [1.29, 1.82) is 0 Å². The van der Waals surface area contributed by atoms with Gasteiger partial charge in [0.05, 0.1) is 17.8 Å². The number of carbonyl (C=O) groups is 1. The molecular weight excluding hydrogens is 156 g/mol. The van der Waals surface area contributed by atoms with E-state index < -0.39 is 5.97 Å². The van der Waals surface area contributed by atoms with Gasteiger partial charge in [-0.05, 0) is 19.4 Å². The Balaban J connectivity index is 3.05. The Bertz CT molecular complexity index is 315. The van der Waals surface area contributed by atoms with Crippen LogP contribution in [0.4, 0.5) is 0 Å². The van der Waals surface area contributed by atoms with Crippen molar-refractivity contribution in [3.8, 4) is 0 Å². The van der Waals surface area contributed by atoms with E-state index in [0.717, 1.165) is 17.0 Å². The molecule has 1 aromatic rings. The molecule has 0 aliphatic heterocycles. The molecule has 0 fully saturated rings. The number of hydrogen-bond donors (Lipinski definition) is 1. The van der Waals surface area contributed by atoms with Gasteiger partial charge in [0, 0.05) is 7.05 Å². The Hall–Kier alpha value is -1.32. The molecule has 0 saturated heterocycles. The van der Waals surface area contributed by atoms with E-state index in [2.05, 4.69) is 5.10 Å². The second kappa shape index (κ2) is 2.97. The minimum Gasteiger partial charge on any atom is -0.481 e. The van der Waals surface area contributed by atoms with Gasteiger partial charge in [-0.15, -0.1) is 0 Å². The fourth-order valence-electron chi connectivity index (χ4n) is 1.20. The maximum atomic E-state index is 10.4. The van der Waals surface area contributed by atoms with Crippen molar-refractivity contribution in [1.82, 2.24) is 9.78 Å². The molecule has 0 aliphatic carbocycles. The molecule has 1 N–H and O–H groups in total. The first-order valence-electron chi connectivity index (χ1n) is 3.73. The van der Waals surface area contributed by atoms with Crippen molar-refractivity contribution in [3.63, 3.8) is 0 Å². The van der Waals surface area contributed by atoms with E-state index >= 15 is 0 Å². The SMILES string of the molecule is Cc1nn(C)c(CC(=O)O)c1C. The molecule has 12 heavy (non-hydrogen) atoms. The fraction of sp³-hybridized carbons (Fsp3) is 0.500.